The van der Waals surface area contributed by atoms with E-state index in [1.807, 2.05) is 66.7 Å². The first-order valence-electron chi connectivity index (χ1n) is 9.65. The molecule has 31 heavy (non-hydrogen) atoms. The average Bonchev–Trinajstić information content (AvgIpc) is 2.82. The van der Waals surface area contributed by atoms with E-state index in [-0.39, 0.29) is 17.1 Å². The third-order valence-corrected chi connectivity index (χ3v) is 4.74. The molecule has 0 amide bonds. The van der Waals surface area contributed by atoms with Crippen LogP contribution in [0.15, 0.2) is 84.9 Å². The van der Waals surface area contributed by atoms with Gasteiger partial charge in [-0.2, -0.15) is 5.26 Å². The highest BCUT2D eigenvalue weighted by Crippen LogP contribution is 2.20. The molecule has 0 saturated heterocycles. The Morgan fingerprint density at radius 1 is 1.03 bits per heavy atom. The van der Waals surface area contributed by atoms with E-state index in [2.05, 4.69) is 4.98 Å². The summed E-state index contributed by atoms with van der Waals surface area (Å²) in [4.78, 5) is 16.9. The molecule has 0 spiro atoms. The number of aromatic nitrogens is 1. The van der Waals surface area contributed by atoms with Gasteiger partial charge in [-0.15, -0.1) is 0 Å². The van der Waals surface area contributed by atoms with Crippen LogP contribution in [0.25, 0.3) is 17.0 Å². The molecule has 0 bridgehead atoms. The van der Waals surface area contributed by atoms with E-state index in [1.54, 1.807) is 6.08 Å². The van der Waals surface area contributed by atoms with Crippen molar-refractivity contribution in [1.82, 2.24) is 4.98 Å². The number of carbonyl (C=O) groups is 1. The summed E-state index contributed by atoms with van der Waals surface area (Å²) < 4.78 is 5.81. The Morgan fingerprint density at radius 3 is 2.65 bits per heavy atom. The number of fused-ring (bicyclic) bond motifs is 1. The van der Waals surface area contributed by atoms with E-state index in [4.69, 9.17) is 10.00 Å². The molecule has 150 valence electrons. The second-order valence-electron chi connectivity index (χ2n) is 6.89. The van der Waals surface area contributed by atoms with E-state index >= 15 is 0 Å². The normalized spacial score (nSPS) is 10.8. The number of nitriles is 1. The lowest BCUT2D eigenvalue weighted by Gasteiger charge is -2.07. The van der Waals surface area contributed by atoms with E-state index in [0.29, 0.717) is 17.9 Å². The number of ether oxygens (including phenoxy) is 1. The minimum Gasteiger partial charge on any atom is -0.507 e. The smallest absolute Gasteiger partial charge is 0.189 e. The maximum absolute atomic E-state index is 12.3. The van der Waals surface area contributed by atoms with Crippen LogP contribution in [0.2, 0.25) is 0 Å². The molecule has 1 N–H and O–H groups in total. The topological polar surface area (TPSA) is 83.2 Å². The fourth-order valence-corrected chi connectivity index (χ4v) is 3.09. The summed E-state index contributed by atoms with van der Waals surface area (Å²) in [5.74, 6) is 0.162. The molecular weight excluding hydrogens is 388 g/mol. The van der Waals surface area contributed by atoms with Crippen LogP contribution >= 0.6 is 0 Å². The van der Waals surface area contributed by atoms with Crippen molar-refractivity contribution in [3.05, 3.63) is 107 Å². The van der Waals surface area contributed by atoms with E-state index < -0.39 is 0 Å². The first-order valence-corrected chi connectivity index (χ1v) is 9.65. The van der Waals surface area contributed by atoms with Crippen LogP contribution in [-0.2, 0) is 6.61 Å². The molecule has 5 heteroatoms. The summed E-state index contributed by atoms with van der Waals surface area (Å²) in [5.41, 5.74) is 2.99. The van der Waals surface area contributed by atoms with E-state index in [9.17, 15) is 9.90 Å². The number of aromatic hydroxyl groups is 1. The Bertz CT molecular complexity index is 1320. The van der Waals surface area contributed by atoms with Gasteiger partial charge in [0.05, 0.1) is 28.4 Å². The average molecular weight is 406 g/mol. The highest BCUT2D eigenvalue weighted by molar-refractivity contribution is 6.08. The number of carbonyl (C=O) groups excluding carboxylic acids is 1. The van der Waals surface area contributed by atoms with Crippen LogP contribution in [0.3, 0.4) is 0 Å². The van der Waals surface area contributed by atoms with Crippen LogP contribution in [0.5, 0.6) is 11.5 Å². The molecule has 5 nitrogen and oxygen atoms in total. The van der Waals surface area contributed by atoms with Gasteiger partial charge in [-0.05, 0) is 54.1 Å². The van der Waals surface area contributed by atoms with E-state index in [1.165, 1.54) is 24.3 Å². The Balaban J connectivity index is 1.39. The number of phenolic OH excluding ortho intramolecular Hbond substituents is 1. The summed E-state index contributed by atoms with van der Waals surface area (Å²) in [6.45, 7) is 0.354. The zero-order valence-corrected chi connectivity index (χ0v) is 16.5. The van der Waals surface area contributed by atoms with Gasteiger partial charge in [-0.1, -0.05) is 42.5 Å². The lowest BCUT2D eigenvalue weighted by Crippen LogP contribution is -1.98. The lowest BCUT2D eigenvalue weighted by atomic mass is 10.1. The maximum atomic E-state index is 12.3. The van der Waals surface area contributed by atoms with Gasteiger partial charge < -0.3 is 9.84 Å². The van der Waals surface area contributed by atoms with Gasteiger partial charge in [-0.25, -0.2) is 4.98 Å². The SMILES string of the molecule is N#Cc1ccc(O)c(C(=O)/C=C/c2ccc(OCc3ccc4ccccc4n3)cc2)c1. The number of para-hydroxylation sites is 1. The largest absolute Gasteiger partial charge is 0.507 e. The van der Waals surface area contributed by atoms with Crippen LogP contribution in [0.1, 0.15) is 27.2 Å². The fourth-order valence-electron chi connectivity index (χ4n) is 3.09. The van der Waals surface area contributed by atoms with Crippen molar-refractivity contribution in [3.8, 4) is 17.6 Å². The molecule has 4 aromatic rings. The number of pyridine rings is 1. The Kier molecular flexibility index (Phi) is 5.72. The van der Waals surface area contributed by atoms with Crippen molar-refractivity contribution >= 4 is 22.8 Å². The van der Waals surface area contributed by atoms with Crippen molar-refractivity contribution < 1.29 is 14.6 Å². The van der Waals surface area contributed by atoms with Crippen LogP contribution in [0.4, 0.5) is 0 Å². The first kappa shape index (κ1) is 19.9. The third-order valence-electron chi connectivity index (χ3n) is 4.74. The Morgan fingerprint density at radius 2 is 1.84 bits per heavy atom. The second-order valence-corrected chi connectivity index (χ2v) is 6.89. The molecule has 0 aliphatic rings. The molecule has 0 atom stereocenters. The van der Waals surface area contributed by atoms with Gasteiger partial charge in [0.15, 0.2) is 5.78 Å². The predicted octanol–water partition coefficient (Wildman–Crippen LogP) is 5.29. The number of allylic oxidation sites excluding steroid dienone is 1. The van der Waals surface area contributed by atoms with Gasteiger partial charge in [0, 0.05) is 5.39 Å². The quantitative estimate of drug-likeness (QED) is 0.348. The van der Waals surface area contributed by atoms with Gasteiger partial charge in [0.1, 0.15) is 18.1 Å². The highest BCUT2D eigenvalue weighted by Gasteiger charge is 2.09. The number of nitrogens with zero attached hydrogens (tertiary/aromatic N) is 2. The van der Waals surface area contributed by atoms with Crippen LogP contribution in [0, 0.1) is 11.3 Å². The third kappa shape index (κ3) is 4.77. The minimum atomic E-state index is -0.377. The summed E-state index contributed by atoms with van der Waals surface area (Å²) in [5, 5.41) is 19.9. The molecule has 0 aliphatic carbocycles. The molecule has 4 rings (SSSR count). The summed E-state index contributed by atoms with van der Waals surface area (Å²) in [6.07, 6.45) is 3.01. The number of rotatable bonds is 6. The Labute approximate surface area is 179 Å². The molecule has 1 aromatic heterocycles. The number of benzene rings is 3. The molecule has 3 aromatic carbocycles. The first-order chi connectivity index (χ1) is 15.1. The maximum Gasteiger partial charge on any atom is 0.189 e. The highest BCUT2D eigenvalue weighted by atomic mass is 16.5. The van der Waals surface area contributed by atoms with Crippen molar-refractivity contribution in [2.24, 2.45) is 0 Å². The van der Waals surface area contributed by atoms with Gasteiger partial charge in [0.25, 0.3) is 0 Å². The molecule has 0 fully saturated rings. The van der Waals surface area contributed by atoms with Crippen LogP contribution < -0.4 is 4.74 Å². The van der Waals surface area contributed by atoms with E-state index in [0.717, 1.165) is 22.2 Å². The lowest BCUT2D eigenvalue weighted by molar-refractivity contribution is 0.104. The number of phenols is 1. The minimum absolute atomic E-state index is 0.0955. The summed E-state index contributed by atoms with van der Waals surface area (Å²) >= 11 is 0. The zero-order valence-electron chi connectivity index (χ0n) is 16.5. The molecule has 1 heterocycles. The zero-order chi connectivity index (χ0) is 21.6. The molecule has 0 radical (unpaired) electrons. The molecule has 0 saturated carbocycles. The predicted molar refractivity (Wildman–Crippen MR) is 119 cm³/mol. The van der Waals surface area contributed by atoms with Crippen molar-refractivity contribution in [1.29, 1.82) is 5.26 Å². The summed E-state index contributed by atoms with van der Waals surface area (Å²) in [6, 6.07) is 25.3. The number of hydrogen-bond donors (Lipinski definition) is 1. The van der Waals surface area contributed by atoms with Crippen LogP contribution in [-0.4, -0.2) is 15.9 Å². The van der Waals surface area contributed by atoms with Gasteiger partial charge in [-0.3, -0.25) is 4.79 Å². The van der Waals surface area contributed by atoms with Gasteiger partial charge >= 0.3 is 0 Å². The fraction of sp³-hybridized carbons (Fsp3) is 0.0385. The monoisotopic (exact) mass is 406 g/mol. The summed E-state index contributed by atoms with van der Waals surface area (Å²) in [7, 11) is 0. The molecule has 0 unspecified atom stereocenters. The van der Waals surface area contributed by atoms with Crippen molar-refractivity contribution in [2.75, 3.05) is 0 Å². The second kappa shape index (κ2) is 8.93. The van der Waals surface area contributed by atoms with Crippen molar-refractivity contribution in [3.63, 3.8) is 0 Å². The van der Waals surface area contributed by atoms with Gasteiger partial charge in [0.2, 0.25) is 0 Å². The molecule has 0 aliphatic heterocycles. The standard InChI is InChI=1S/C26H18N2O3/c27-16-19-8-14-26(30)23(15-19)25(29)13-7-18-5-11-22(12-6-18)31-17-21-10-9-20-3-1-2-4-24(20)28-21/h1-15,30H,17H2/b13-7+. The number of hydrogen-bond acceptors (Lipinski definition) is 5. The number of ketones is 1. The Hall–Kier alpha value is -4.43. The van der Waals surface area contributed by atoms with Crippen molar-refractivity contribution in [2.45, 2.75) is 6.61 Å². The molecular formula is C26H18N2O3.